The van der Waals surface area contributed by atoms with Crippen LogP contribution < -0.4 is 5.73 Å². The topological polar surface area (TPSA) is 87.2 Å². The zero-order valence-electron chi connectivity index (χ0n) is 10.8. The molecule has 0 aliphatic rings. The summed E-state index contributed by atoms with van der Waals surface area (Å²) in [4.78, 5) is -0.526. The Morgan fingerprint density at radius 2 is 2.16 bits per heavy atom. The lowest BCUT2D eigenvalue weighted by molar-refractivity contribution is 0.397. The van der Waals surface area contributed by atoms with Crippen molar-refractivity contribution in [3.63, 3.8) is 0 Å². The summed E-state index contributed by atoms with van der Waals surface area (Å²) in [6.07, 6.45) is 0. The fourth-order valence-corrected chi connectivity index (χ4v) is 3.37. The van der Waals surface area contributed by atoms with Crippen LogP contribution in [-0.4, -0.2) is 25.8 Å². The highest BCUT2D eigenvalue weighted by Crippen LogP contribution is 2.25. The summed E-state index contributed by atoms with van der Waals surface area (Å²) in [7, 11) is -4.04. The number of benzene rings is 1. The number of sulfonamides is 1. The Kier molecular flexibility index (Phi) is 4.86. The van der Waals surface area contributed by atoms with E-state index in [-0.39, 0.29) is 18.8 Å². The van der Waals surface area contributed by atoms with Gasteiger partial charge in [-0.3, -0.25) is 0 Å². The molecule has 1 unspecified atom stereocenters. The number of rotatable bonds is 5. The van der Waals surface area contributed by atoms with Gasteiger partial charge in [-0.1, -0.05) is 13.0 Å². The molecule has 1 atom stereocenters. The molecule has 0 aromatic heterocycles. The van der Waals surface area contributed by atoms with E-state index >= 15 is 0 Å². The molecule has 2 N–H and O–H groups in total. The molecular weight excluding hydrogens is 269 g/mol. The van der Waals surface area contributed by atoms with Crippen LogP contribution in [0.2, 0.25) is 0 Å². The minimum absolute atomic E-state index is 0.00308. The normalized spacial score (nSPS) is 13.2. The Morgan fingerprint density at radius 3 is 2.63 bits per heavy atom. The SMILES string of the molecule is CCN(CC(C)C#N)S(=O)(=O)c1c(N)cccc1F. The molecule has 0 saturated carbocycles. The summed E-state index contributed by atoms with van der Waals surface area (Å²) < 4.78 is 39.5. The first-order valence-corrected chi connectivity index (χ1v) is 7.22. The number of nitrogen functional groups attached to an aromatic ring is 1. The van der Waals surface area contributed by atoms with Gasteiger partial charge in [-0.15, -0.1) is 0 Å². The van der Waals surface area contributed by atoms with E-state index in [1.165, 1.54) is 12.1 Å². The van der Waals surface area contributed by atoms with E-state index in [9.17, 15) is 12.8 Å². The molecule has 19 heavy (non-hydrogen) atoms. The van der Waals surface area contributed by atoms with Crippen LogP contribution in [-0.2, 0) is 10.0 Å². The van der Waals surface area contributed by atoms with Crippen LogP contribution in [0.15, 0.2) is 23.1 Å². The molecule has 0 saturated heterocycles. The Morgan fingerprint density at radius 1 is 1.53 bits per heavy atom. The molecule has 0 bridgehead atoms. The van der Waals surface area contributed by atoms with Crippen molar-refractivity contribution in [3.8, 4) is 6.07 Å². The van der Waals surface area contributed by atoms with Gasteiger partial charge in [0.2, 0.25) is 10.0 Å². The molecule has 0 aliphatic heterocycles. The van der Waals surface area contributed by atoms with Gasteiger partial charge in [0.15, 0.2) is 0 Å². The predicted molar refractivity (Wildman–Crippen MR) is 70.0 cm³/mol. The molecule has 0 radical (unpaired) electrons. The first-order valence-electron chi connectivity index (χ1n) is 5.78. The van der Waals surface area contributed by atoms with Crippen molar-refractivity contribution < 1.29 is 12.8 Å². The predicted octanol–water partition coefficient (Wildman–Crippen LogP) is 1.58. The molecule has 1 aromatic carbocycles. The molecule has 104 valence electrons. The van der Waals surface area contributed by atoms with Crippen LogP contribution in [0.5, 0.6) is 0 Å². The first kappa shape index (κ1) is 15.4. The van der Waals surface area contributed by atoms with Gasteiger partial charge in [-0.05, 0) is 19.1 Å². The maximum atomic E-state index is 13.7. The highest BCUT2D eigenvalue weighted by molar-refractivity contribution is 7.89. The third-order valence-electron chi connectivity index (χ3n) is 2.65. The lowest BCUT2D eigenvalue weighted by Gasteiger charge is -2.22. The lowest BCUT2D eigenvalue weighted by Crippen LogP contribution is -2.35. The van der Waals surface area contributed by atoms with Gasteiger partial charge in [-0.25, -0.2) is 12.8 Å². The zero-order valence-corrected chi connectivity index (χ0v) is 11.6. The number of hydrogen-bond acceptors (Lipinski definition) is 4. The Hall–Kier alpha value is -1.65. The van der Waals surface area contributed by atoms with Gasteiger partial charge in [0.1, 0.15) is 10.7 Å². The minimum atomic E-state index is -4.04. The number of halogens is 1. The van der Waals surface area contributed by atoms with Crippen molar-refractivity contribution in [2.45, 2.75) is 18.7 Å². The molecule has 5 nitrogen and oxygen atoms in total. The average Bonchev–Trinajstić information content (AvgIpc) is 2.34. The smallest absolute Gasteiger partial charge is 0.248 e. The van der Waals surface area contributed by atoms with Crippen LogP contribution in [0, 0.1) is 23.1 Å². The van der Waals surface area contributed by atoms with E-state index < -0.39 is 26.7 Å². The zero-order chi connectivity index (χ0) is 14.6. The summed E-state index contributed by atoms with van der Waals surface area (Å²) in [5.74, 6) is -1.37. The van der Waals surface area contributed by atoms with Crippen molar-refractivity contribution in [2.24, 2.45) is 5.92 Å². The highest BCUT2D eigenvalue weighted by Gasteiger charge is 2.29. The molecule has 0 fully saturated rings. The molecular formula is C12H16FN3O2S. The Bertz CT molecular complexity index is 575. The molecule has 1 rings (SSSR count). The minimum Gasteiger partial charge on any atom is -0.398 e. The fourth-order valence-electron chi connectivity index (χ4n) is 1.67. The standard InChI is InChI=1S/C12H16FN3O2S/c1-3-16(8-9(2)7-14)19(17,18)12-10(13)5-4-6-11(12)15/h4-6,9H,3,8,15H2,1-2H3. The highest BCUT2D eigenvalue weighted by atomic mass is 32.2. The fraction of sp³-hybridized carbons (Fsp3) is 0.417. The summed E-state index contributed by atoms with van der Waals surface area (Å²) in [5, 5.41) is 8.75. The van der Waals surface area contributed by atoms with Crippen molar-refractivity contribution in [1.29, 1.82) is 5.26 Å². The lowest BCUT2D eigenvalue weighted by atomic mass is 10.2. The van der Waals surface area contributed by atoms with Gasteiger partial charge in [0.05, 0.1) is 17.7 Å². The van der Waals surface area contributed by atoms with Crippen molar-refractivity contribution >= 4 is 15.7 Å². The van der Waals surface area contributed by atoms with Crippen molar-refractivity contribution in [2.75, 3.05) is 18.8 Å². The molecule has 7 heteroatoms. The van der Waals surface area contributed by atoms with Gasteiger partial charge in [-0.2, -0.15) is 9.57 Å². The average molecular weight is 285 g/mol. The molecule has 0 aliphatic carbocycles. The van der Waals surface area contributed by atoms with Gasteiger partial charge in [0.25, 0.3) is 0 Å². The van der Waals surface area contributed by atoms with E-state index in [1.54, 1.807) is 13.8 Å². The monoisotopic (exact) mass is 285 g/mol. The van der Waals surface area contributed by atoms with Gasteiger partial charge < -0.3 is 5.73 Å². The van der Waals surface area contributed by atoms with E-state index in [4.69, 9.17) is 11.0 Å². The summed E-state index contributed by atoms with van der Waals surface area (Å²) in [6, 6.07) is 5.67. The third-order valence-corrected chi connectivity index (χ3v) is 4.68. The molecule has 0 amide bonds. The second-order valence-corrected chi connectivity index (χ2v) is 6.02. The number of hydrogen-bond donors (Lipinski definition) is 1. The van der Waals surface area contributed by atoms with E-state index in [1.807, 2.05) is 6.07 Å². The van der Waals surface area contributed by atoms with Crippen LogP contribution in [0.25, 0.3) is 0 Å². The Balaban J connectivity index is 3.26. The van der Waals surface area contributed by atoms with Crippen LogP contribution in [0.4, 0.5) is 10.1 Å². The number of anilines is 1. The number of nitrogens with two attached hydrogens (primary N) is 1. The number of nitrogens with zero attached hydrogens (tertiary/aromatic N) is 2. The van der Waals surface area contributed by atoms with E-state index in [0.717, 1.165) is 10.4 Å². The molecule has 0 heterocycles. The second-order valence-electron chi connectivity index (χ2n) is 4.14. The summed E-state index contributed by atoms with van der Waals surface area (Å²) in [5.41, 5.74) is 5.42. The van der Waals surface area contributed by atoms with E-state index in [0.29, 0.717) is 0 Å². The summed E-state index contributed by atoms with van der Waals surface area (Å²) >= 11 is 0. The second kappa shape index (κ2) is 5.99. The van der Waals surface area contributed by atoms with Crippen molar-refractivity contribution in [1.82, 2.24) is 4.31 Å². The van der Waals surface area contributed by atoms with Crippen LogP contribution >= 0.6 is 0 Å². The Labute approximate surface area is 112 Å². The maximum absolute atomic E-state index is 13.7. The summed E-state index contributed by atoms with van der Waals surface area (Å²) in [6.45, 7) is 3.37. The third kappa shape index (κ3) is 3.22. The largest absolute Gasteiger partial charge is 0.398 e. The maximum Gasteiger partial charge on any atom is 0.248 e. The number of nitriles is 1. The molecule has 1 aromatic rings. The van der Waals surface area contributed by atoms with Gasteiger partial charge >= 0.3 is 0 Å². The van der Waals surface area contributed by atoms with Crippen LogP contribution in [0.1, 0.15) is 13.8 Å². The quantitative estimate of drug-likeness (QED) is 0.832. The molecule has 0 spiro atoms. The van der Waals surface area contributed by atoms with Crippen molar-refractivity contribution in [3.05, 3.63) is 24.0 Å². The first-order chi connectivity index (χ1) is 8.84. The van der Waals surface area contributed by atoms with E-state index in [2.05, 4.69) is 0 Å². The van der Waals surface area contributed by atoms with Crippen LogP contribution in [0.3, 0.4) is 0 Å². The van der Waals surface area contributed by atoms with Gasteiger partial charge in [0, 0.05) is 13.1 Å².